The maximum absolute atomic E-state index is 13.1. The zero-order chi connectivity index (χ0) is 14.9. The average molecular weight is 296 g/mol. The Hall–Kier alpha value is -2.35. The lowest BCUT2D eigenvalue weighted by Crippen LogP contribution is -2.19. The molecule has 3 N–H and O–H groups in total. The fraction of sp³-hybridized carbons (Fsp3) is 0.0833. The maximum Gasteiger partial charge on any atom is 0.257 e. The van der Waals surface area contributed by atoms with E-state index in [1.165, 1.54) is 10.9 Å². The molecule has 1 heterocycles. The van der Waals surface area contributed by atoms with Crippen LogP contribution in [0.3, 0.4) is 0 Å². The third-order valence-electron chi connectivity index (χ3n) is 2.56. The molecule has 0 unspecified atom stereocenters. The molecule has 0 spiro atoms. The number of benzene rings is 1. The molecule has 1 amide bonds. The molecule has 1 aromatic heterocycles. The predicted octanol–water partition coefficient (Wildman–Crippen LogP) is 1.58. The zero-order valence-corrected chi connectivity index (χ0v) is 11.2. The van der Waals surface area contributed by atoms with Crippen molar-refractivity contribution >= 4 is 28.9 Å². The second-order valence-electron chi connectivity index (χ2n) is 4.01. The summed E-state index contributed by atoms with van der Waals surface area (Å²) in [5.74, 6) is -2.11. The number of aromatic nitrogens is 2. The zero-order valence-electron chi connectivity index (χ0n) is 10.4. The van der Waals surface area contributed by atoms with E-state index >= 15 is 0 Å². The standard InChI is InChI=1S/C12H10F2N4OS/c1-18-11(9(5-16-18)10(15)20)17-12(19)6-2-7(13)4-8(14)3-6/h2-5H,1H3,(H2,15,20)(H,17,19). The van der Waals surface area contributed by atoms with Gasteiger partial charge in [0.25, 0.3) is 5.91 Å². The summed E-state index contributed by atoms with van der Waals surface area (Å²) in [4.78, 5) is 12.0. The first-order valence-corrected chi connectivity index (χ1v) is 5.88. The third kappa shape index (κ3) is 2.80. The number of aryl methyl sites for hydroxylation is 1. The first-order chi connectivity index (χ1) is 9.38. The van der Waals surface area contributed by atoms with Crippen molar-refractivity contribution in [2.24, 2.45) is 12.8 Å². The lowest BCUT2D eigenvalue weighted by atomic mass is 10.2. The summed E-state index contributed by atoms with van der Waals surface area (Å²) < 4.78 is 27.5. The minimum atomic E-state index is -0.838. The minimum Gasteiger partial charge on any atom is -0.389 e. The topological polar surface area (TPSA) is 72.9 Å². The molecule has 2 rings (SSSR count). The molecule has 0 saturated carbocycles. The van der Waals surface area contributed by atoms with Crippen molar-refractivity contribution in [2.45, 2.75) is 0 Å². The molecule has 5 nitrogen and oxygen atoms in total. The summed E-state index contributed by atoms with van der Waals surface area (Å²) in [7, 11) is 1.57. The van der Waals surface area contributed by atoms with E-state index in [2.05, 4.69) is 10.4 Å². The predicted molar refractivity (Wildman–Crippen MR) is 73.4 cm³/mol. The molecule has 0 atom stereocenters. The van der Waals surface area contributed by atoms with Crippen molar-refractivity contribution in [1.29, 1.82) is 0 Å². The molecule has 0 aliphatic heterocycles. The molecule has 2 aromatic rings. The van der Waals surface area contributed by atoms with E-state index in [1.54, 1.807) is 7.05 Å². The van der Waals surface area contributed by atoms with Crippen molar-refractivity contribution in [1.82, 2.24) is 9.78 Å². The quantitative estimate of drug-likeness (QED) is 0.844. The highest BCUT2D eigenvalue weighted by molar-refractivity contribution is 7.80. The van der Waals surface area contributed by atoms with Gasteiger partial charge in [-0.3, -0.25) is 9.48 Å². The van der Waals surface area contributed by atoms with Gasteiger partial charge >= 0.3 is 0 Å². The number of anilines is 1. The molecule has 0 radical (unpaired) electrons. The van der Waals surface area contributed by atoms with Crippen molar-refractivity contribution in [3.05, 3.63) is 47.2 Å². The Labute approximate surface area is 118 Å². The van der Waals surface area contributed by atoms with Crippen molar-refractivity contribution in [3.63, 3.8) is 0 Å². The number of carbonyl (C=O) groups excluding carboxylic acids is 1. The van der Waals surface area contributed by atoms with Gasteiger partial charge in [0.05, 0.1) is 11.8 Å². The van der Waals surface area contributed by atoms with E-state index in [4.69, 9.17) is 18.0 Å². The largest absolute Gasteiger partial charge is 0.389 e. The Morgan fingerprint density at radius 3 is 2.50 bits per heavy atom. The normalized spacial score (nSPS) is 10.3. The maximum atomic E-state index is 13.1. The van der Waals surface area contributed by atoms with Crippen LogP contribution in [0.2, 0.25) is 0 Å². The Morgan fingerprint density at radius 2 is 1.95 bits per heavy atom. The summed E-state index contributed by atoms with van der Waals surface area (Å²) in [6.07, 6.45) is 1.39. The van der Waals surface area contributed by atoms with E-state index in [0.717, 1.165) is 12.1 Å². The van der Waals surface area contributed by atoms with E-state index in [1.807, 2.05) is 0 Å². The highest BCUT2D eigenvalue weighted by Gasteiger charge is 2.16. The number of carbonyl (C=O) groups is 1. The number of hydrogen-bond donors (Lipinski definition) is 2. The second-order valence-corrected chi connectivity index (χ2v) is 4.45. The van der Waals surface area contributed by atoms with Gasteiger partial charge in [-0.1, -0.05) is 12.2 Å². The number of rotatable bonds is 3. The van der Waals surface area contributed by atoms with Crippen LogP contribution in [0.25, 0.3) is 0 Å². The van der Waals surface area contributed by atoms with Gasteiger partial charge in [-0.15, -0.1) is 0 Å². The van der Waals surface area contributed by atoms with Crippen LogP contribution >= 0.6 is 12.2 Å². The van der Waals surface area contributed by atoms with Gasteiger partial charge in [0.15, 0.2) is 0 Å². The van der Waals surface area contributed by atoms with Gasteiger partial charge < -0.3 is 11.1 Å². The molecule has 0 aliphatic carbocycles. The summed E-state index contributed by atoms with van der Waals surface area (Å²) in [6.45, 7) is 0. The molecule has 0 aliphatic rings. The number of nitrogens with one attached hydrogen (secondary N) is 1. The van der Waals surface area contributed by atoms with Gasteiger partial charge in [0, 0.05) is 18.7 Å². The van der Waals surface area contributed by atoms with Crippen molar-refractivity contribution in [2.75, 3.05) is 5.32 Å². The highest BCUT2D eigenvalue weighted by atomic mass is 32.1. The van der Waals surface area contributed by atoms with Gasteiger partial charge in [-0.25, -0.2) is 8.78 Å². The van der Waals surface area contributed by atoms with E-state index < -0.39 is 17.5 Å². The van der Waals surface area contributed by atoms with Crippen molar-refractivity contribution < 1.29 is 13.6 Å². The molecular weight excluding hydrogens is 286 g/mol. The van der Waals surface area contributed by atoms with Crippen LogP contribution < -0.4 is 11.1 Å². The number of halogens is 2. The van der Waals surface area contributed by atoms with Gasteiger partial charge in [0.2, 0.25) is 0 Å². The number of amides is 1. The van der Waals surface area contributed by atoms with E-state index in [9.17, 15) is 13.6 Å². The van der Waals surface area contributed by atoms with Crippen LogP contribution in [0.1, 0.15) is 15.9 Å². The molecule has 1 aromatic carbocycles. The molecule has 0 bridgehead atoms. The molecule has 20 heavy (non-hydrogen) atoms. The second kappa shape index (κ2) is 5.33. The van der Waals surface area contributed by atoms with Gasteiger partial charge in [-0.05, 0) is 12.1 Å². The SMILES string of the molecule is Cn1ncc(C(N)=S)c1NC(=O)c1cc(F)cc(F)c1. The minimum absolute atomic E-state index is 0.0545. The summed E-state index contributed by atoms with van der Waals surface area (Å²) in [5, 5.41) is 6.38. The van der Waals surface area contributed by atoms with Crippen LogP contribution in [0.4, 0.5) is 14.6 Å². The number of hydrogen-bond acceptors (Lipinski definition) is 3. The summed E-state index contributed by atoms with van der Waals surface area (Å²) in [6, 6.07) is 2.53. The summed E-state index contributed by atoms with van der Waals surface area (Å²) >= 11 is 4.83. The smallest absolute Gasteiger partial charge is 0.257 e. The van der Waals surface area contributed by atoms with Crippen LogP contribution in [0.5, 0.6) is 0 Å². The van der Waals surface area contributed by atoms with E-state index in [0.29, 0.717) is 11.6 Å². The number of nitrogens with two attached hydrogens (primary N) is 1. The fourth-order valence-electron chi connectivity index (χ4n) is 1.63. The lowest BCUT2D eigenvalue weighted by Gasteiger charge is -2.08. The molecular formula is C12H10F2N4OS. The average Bonchev–Trinajstić information content (AvgIpc) is 2.70. The summed E-state index contributed by atoms with van der Waals surface area (Å²) in [5.41, 5.74) is 5.71. The number of nitrogens with zero attached hydrogens (tertiary/aromatic N) is 2. The molecule has 0 saturated heterocycles. The molecule has 0 fully saturated rings. The monoisotopic (exact) mass is 296 g/mol. The number of thiocarbonyl (C=S) groups is 1. The Kier molecular flexibility index (Phi) is 3.75. The highest BCUT2D eigenvalue weighted by Crippen LogP contribution is 2.16. The van der Waals surface area contributed by atoms with Crippen molar-refractivity contribution in [3.8, 4) is 0 Å². The Balaban J connectivity index is 2.32. The van der Waals surface area contributed by atoms with Gasteiger partial charge in [0.1, 0.15) is 22.4 Å². The van der Waals surface area contributed by atoms with Crippen LogP contribution in [-0.2, 0) is 7.05 Å². The fourth-order valence-corrected chi connectivity index (χ4v) is 1.78. The van der Waals surface area contributed by atoms with Gasteiger partial charge in [-0.2, -0.15) is 5.10 Å². The lowest BCUT2D eigenvalue weighted by molar-refractivity contribution is 0.102. The molecule has 104 valence electrons. The third-order valence-corrected chi connectivity index (χ3v) is 2.78. The van der Waals surface area contributed by atoms with Crippen LogP contribution in [0.15, 0.2) is 24.4 Å². The first-order valence-electron chi connectivity index (χ1n) is 5.47. The van der Waals surface area contributed by atoms with Crippen LogP contribution in [0, 0.1) is 11.6 Å². The Bertz CT molecular complexity index is 679. The van der Waals surface area contributed by atoms with Crippen LogP contribution in [-0.4, -0.2) is 20.7 Å². The first kappa shape index (κ1) is 14.1. The molecule has 8 heteroatoms. The van der Waals surface area contributed by atoms with E-state index in [-0.39, 0.29) is 16.4 Å². The Morgan fingerprint density at radius 1 is 1.35 bits per heavy atom.